The minimum atomic E-state index is 0.0126. The first-order valence-corrected chi connectivity index (χ1v) is 9.13. The molecule has 27 heavy (non-hydrogen) atoms. The second kappa shape index (κ2) is 7.00. The SMILES string of the molecule is COc1ccc2c(=O)cc3n(CCCN(C)C)c4ccccc4nc-3c2c1. The molecule has 1 aliphatic carbocycles. The first kappa shape index (κ1) is 17.5. The Hall–Kier alpha value is -2.92. The van der Waals surface area contributed by atoms with E-state index < -0.39 is 0 Å². The molecule has 138 valence electrons. The Bertz CT molecular complexity index is 1150. The number of benzene rings is 3. The van der Waals surface area contributed by atoms with Crippen molar-refractivity contribution in [2.75, 3.05) is 27.7 Å². The van der Waals surface area contributed by atoms with Crippen molar-refractivity contribution < 1.29 is 4.74 Å². The number of hydrogen-bond donors (Lipinski definition) is 0. The highest BCUT2D eigenvalue weighted by molar-refractivity contribution is 5.98. The molecule has 0 atom stereocenters. The topological polar surface area (TPSA) is 47.4 Å². The molecular weight excluding hydrogens is 338 g/mol. The Morgan fingerprint density at radius 1 is 1.07 bits per heavy atom. The number of fused-ring (bicyclic) bond motifs is 4. The van der Waals surface area contributed by atoms with Crippen molar-refractivity contribution in [3.8, 4) is 17.1 Å². The Morgan fingerprint density at radius 3 is 2.67 bits per heavy atom. The second-order valence-corrected chi connectivity index (χ2v) is 7.06. The highest BCUT2D eigenvalue weighted by Gasteiger charge is 2.18. The zero-order valence-corrected chi connectivity index (χ0v) is 15.9. The van der Waals surface area contributed by atoms with Gasteiger partial charge in [-0.2, -0.15) is 0 Å². The standard InChI is InChI=1S/C22H23N3O2/c1-24(2)11-6-12-25-19-8-5-4-7-18(19)23-22-17-13-15(27-3)9-10-16(17)21(26)14-20(22)25/h4-5,7-10,13-14H,6,11-12H2,1-3H3. The van der Waals surface area contributed by atoms with Crippen LogP contribution in [0.1, 0.15) is 6.42 Å². The van der Waals surface area contributed by atoms with E-state index >= 15 is 0 Å². The molecule has 1 aliphatic heterocycles. The normalized spacial score (nSPS) is 11.7. The monoisotopic (exact) mass is 361 g/mol. The van der Waals surface area contributed by atoms with Crippen LogP contribution in [0.3, 0.4) is 0 Å². The third-order valence-electron chi connectivity index (χ3n) is 4.94. The van der Waals surface area contributed by atoms with Gasteiger partial charge in [-0.3, -0.25) is 4.79 Å². The average Bonchev–Trinajstić information content (AvgIpc) is 2.67. The summed E-state index contributed by atoms with van der Waals surface area (Å²) in [7, 11) is 5.78. The van der Waals surface area contributed by atoms with Crippen LogP contribution in [0.2, 0.25) is 0 Å². The molecule has 1 heterocycles. The predicted octanol–water partition coefficient (Wildman–Crippen LogP) is 3.61. The fourth-order valence-corrected chi connectivity index (χ4v) is 3.62. The van der Waals surface area contributed by atoms with Gasteiger partial charge in [-0.25, -0.2) is 4.98 Å². The van der Waals surface area contributed by atoms with Crippen LogP contribution < -0.4 is 10.2 Å². The first-order chi connectivity index (χ1) is 13.1. The van der Waals surface area contributed by atoms with Crippen LogP contribution in [0.5, 0.6) is 5.75 Å². The minimum absolute atomic E-state index is 0.0126. The molecule has 0 amide bonds. The van der Waals surface area contributed by atoms with Gasteiger partial charge < -0.3 is 14.2 Å². The molecule has 5 heteroatoms. The number of nitrogens with zero attached hydrogens (tertiary/aromatic N) is 3. The highest BCUT2D eigenvalue weighted by atomic mass is 16.5. The maximum absolute atomic E-state index is 12.8. The molecule has 0 saturated carbocycles. The van der Waals surface area contributed by atoms with Gasteiger partial charge in [0.15, 0.2) is 5.43 Å². The van der Waals surface area contributed by atoms with Crippen LogP contribution in [0.15, 0.2) is 53.3 Å². The van der Waals surface area contributed by atoms with Crippen LogP contribution in [-0.4, -0.2) is 42.2 Å². The fourth-order valence-electron chi connectivity index (χ4n) is 3.62. The molecule has 0 aromatic heterocycles. The summed E-state index contributed by atoms with van der Waals surface area (Å²) in [5.41, 5.74) is 3.70. The van der Waals surface area contributed by atoms with Crippen LogP contribution >= 0.6 is 0 Å². The van der Waals surface area contributed by atoms with Gasteiger partial charge in [0.1, 0.15) is 5.75 Å². The molecule has 0 radical (unpaired) electrons. The van der Waals surface area contributed by atoms with Crippen molar-refractivity contribution in [3.63, 3.8) is 0 Å². The van der Waals surface area contributed by atoms with E-state index in [1.807, 2.05) is 36.4 Å². The van der Waals surface area contributed by atoms with E-state index in [1.54, 1.807) is 13.2 Å². The predicted molar refractivity (Wildman–Crippen MR) is 110 cm³/mol. The highest BCUT2D eigenvalue weighted by Crippen LogP contribution is 2.32. The summed E-state index contributed by atoms with van der Waals surface area (Å²) in [6.45, 7) is 1.81. The lowest BCUT2D eigenvalue weighted by molar-refractivity contribution is 0.388. The smallest absolute Gasteiger partial charge is 0.188 e. The number of rotatable bonds is 5. The number of aryl methyl sites for hydroxylation is 1. The number of hydrogen-bond acceptors (Lipinski definition) is 4. The molecule has 2 aliphatic rings. The quantitative estimate of drug-likeness (QED) is 0.402. The molecule has 0 spiro atoms. The van der Waals surface area contributed by atoms with Crippen molar-refractivity contribution in [1.29, 1.82) is 0 Å². The maximum atomic E-state index is 12.8. The summed E-state index contributed by atoms with van der Waals surface area (Å²) in [4.78, 5) is 19.8. The van der Waals surface area contributed by atoms with Gasteiger partial charge in [0.2, 0.25) is 0 Å². The van der Waals surface area contributed by atoms with E-state index in [-0.39, 0.29) is 5.43 Å². The minimum Gasteiger partial charge on any atom is -0.497 e. The van der Waals surface area contributed by atoms with Crippen molar-refractivity contribution in [1.82, 2.24) is 14.5 Å². The molecule has 0 N–H and O–H groups in total. The molecule has 0 saturated heterocycles. The van der Waals surface area contributed by atoms with Crippen molar-refractivity contribution >= 4 is 21.8 Å². The summed E-state index contributed by atoms with van der Waals surface area (Å²) in [6.07, 6.45) is 0.991. The maximum Gasteiger partial charge on any atom is 0.188 e. The molecule has 0 fully saturated rings. The van der Waals surface area contributed by atoms with Gasteiger partial charge in [-0.15, -0.1) is 0 Å². The zero-order valence-electron chi connectivity index (χ0n) is 15.9. The van der Waals surface area contributed by atoms with E-state index in [2.05, 4.69) is 29.6 Å². The molecular formula is C22H23N3O2. The van der Waals surface area contributed by atoms with Gasteiger partial charge in [0.25, 0.3) is 0 Å². The molecule has 0 unspecified atom stereocenters. The molecule has 0 bridgehead atoms. The van der Waals surface area contributed by atoms with E-state index in [9.17, 15) is 4.79 Å². The summed E-state index contributed by atoms with van der Waals surface area (Å²) in [6, 6.07) is 15.4. The number of aromatic nitrogens is 2. The molecule has 2 aromatic carbocycles. The van der Waals surface area contributed by atoms with E-state index in [1.165, 1.54) is 0 Å². The molecule has 5 nitrogen and oxygen atoms in total. The van der Waals surface area contributed by atoms with E-state index in [4.69, 9.17) is 9.72 Å². The fraction of sp³-hybridized carbons (Fsp3) is 0.273. The van der Waals surface area contributed by atoms with Gasteiger partial charge in [0.05, 0.1) is 29.5 Å². The van der Waals surface area contributed by atoms with Crippen LogP contribution in [0, 0.1) is 0 Å². The average molecular weight is 361 g/mol. The van der Waals surface area contributed by atoms with E-state index in [0.717, 1.165) is 53.1 Å². The summed E-state index contributed by atoms with van der Waals surface area (Å²) < 4.78 is 7.60. The lowest BCUT2D eigenvalue weighted by Gasteiger charge is -2.20. The van der Waals surface area contributed by atoms with E-state index in [0.29, 0.717) is 5.39 Å². The number of methoxy groups -OCH3 is 1. The van der Waals surface area contributed by atoms with Crippen molar-refractivity contribution in [2.45, 2.75) is 13.0 Å². The van der Waals surface area contributed by atoms with Crippen molar-refractivity contribution in [3.05, 3.63) is 58.8 Å². The third-order valence-corrected chi connectivity index (χ3v) is 4.94. The van der Waals surface area contributed by atoms with Crippen LogP contribution in [0.4, 0.5) is 0 Å². The second-order valence-electron chi connectivity index (χ2n) is 7.06. The molecule has 2 aromatic rings. The zero-order chi connectivity index (χ0) is 19.0. The lowest BCUT2D eigenvalue weighted by Crippen LogP contribution is -2.17. The Balaban J connectivity index is 2.03. The van der Waals surface area contributed by atoms with Crippen LogP contribution in [0.25, 0.3) is 33.2 Å². The third kappa shape index (κ3) is 3.15. The first-order valence-electron chi connectivity index (χ1n) is 9.13. The summed E-state index contributed by atoms with van der Waals surface area (Å²) in [5, 5.41) is 1.51. The van der Waals surface area contributed by atoms with Gasteiger partial charge >= 0.3 is 0 Å². The van der Waals surface area contributed by atoms with Crippen molar-refractivity contribution in [2.24, 2.45) is 0 Å². The van der Waals surface area contributed by atoms with Gasteiger partial charge in [-0.05, 0) is 57.4 Å². The summed E-state index contributed by atoms with van der Waals surface area (Å²) in [5.74, 6) is 0.725. The van der Waals surface area contributed by atoms with Gasteiger partial charge in [-0.1, -0.05) is 12.1 Å². The Morgan fingerprint density at radius 2 is 1.89 bits per heavy atom. The number of ether oxygens (including phenoxy) is 1. The Labute approximate surface area is 158 Å². The Kier molecular flexibility index (Phi) is 4.54. The van der Waals surface area contributed by atoms with Gasteiger partial charge in [0, 0.05) is 23.4 Å². The summed E-state index contributed by atoms with van der Waals surface area (Å²) >= 11 is 0. The largest absolute Gasteiger partial charge is 0.497 e. The van der Waals surface area contributed by atoms with Crippen LogP contribution in [-0.2, 0) is 6.54 Å². The number of para-hydroxylation sites is 2. The molecule has 4 rings (SSSR count). The lowest BCUT2D eigenvalue weighted by atomic mass is 10.0.